The fourth-order valence-electron chi connectivity index (χ4n) is 3.47. The van der Waals surface area contributed by atoms with Gasteiger partial charge in [0.05, 0.1) is 10.7 Å². The van der Waals surface area contributed by atoms with Crippen molar-refractivity contribution < 1.29 is 0 Å². The molecule has 0 aliphatic carbocycles. The molecule has 3 aliphatic heterocycles. The molecule has 3 aliphatic rings. The molecule has 5 heterocycles. The van der Waals surface area contributed by atoms with Crippen LogP contribution < -0.4 is 4.90 Å². The summed E-state index contributed by atoms with van der Waals surface area (Å²) in [6, 6.07) is 8.96. The van der Waals surface area contributed by atoms with Gasteiger partial charge >= 0.3 is 0 Å². The minimum absolute atomic E-state index is 0.515. The second-order valence-electron chi connectivity index (χ2n) is 5.92. The molecule has 5 rings (SSSR count). The molecule has 0 N–H and O–H groups in total. The standard InChI is InChI=1S/C16H16BrClN4/c17-11-3-4-12(20-7-11)8-21-9-13-6-14(10-21)22(13)16-15(18)2-1-5-19-16/h1-5,7,13-14H,6,8-10H2. The molecule has 3 saturated heterocycles. The maximum Gasteiger partial charge on any atom is 0.147 e. The molecule has 2 bridgehead atoms. The maximum atomic E-state index is 6.29. The summed E-state index contributed by atoms with van der Waals surface area (Å²) >= 11 is 9.72. The Balaban J connectivity index is 1.44. The molecular weight excluding hydrogens is 364 g/mol. The van der Waals surface area contributed by atoms with E-state index >= 15 is 0 Å². The van der Waals surface area contributed by atoms with E-state index in [1.807, 2.05) is 30.6 Å². The zero-order valence-electron chi connectivity index (χ0n) is 12.0. The highest BCUT2D eigenvalue weighted by atomic mass is 79.9. The summed E-state index contributed by atoms with van der Waals surface area (Å²) in [6.45, 7) is 2.99. The first-order valence-corrected chi connectivity index (χ1v) is 8.59. The van der Waals surface area contributed by atoms with Gasteiger partial charge in [0.25, 0.3) is 0 Å². The molecule has 2 aromatic rings. The van der Waals surface area contributed by atoms with Gasteiger partial charge in [-0.2, -0.15) is 0 Å². The molecule has 0 amide bonds. The first-order valence-electron chi connectivity index (χ1n) is 7.42. The number of piperidine rings is 1. The fraction of sp³-hybridized carbons (Fsp3) is 0.375. The Bertz CT molecular complexity index is 666. The Morgan fingerprint density at radius 1 is 1.18 bits per heavy atom. The summed E-state index contributed by atoms with van der Waals surface area (Å²) in [5.41, 5.74) is 1.12. The lowest BCUT2D eigenvalue weighted by atomic mass is 9.87. The van der Waals surface area contributed by atoms with Crippen molar-refractivity contribution in [3.05, 3.63) is 51.8 Å². The van der Waals surface area contributed by atoms with Crippen molar-refractivity contribution >= 4 is 33.3 Å². The molecule has 0 aromatic carbocycles. The quantitative estimate of drug-likeness (QED) is 0.818. The van der Waals surface area contributed by atoms with E-state index in [0.29, 0.717) is 12.1 Å². The number of fused-ring (bicyclic) bond motifs is 2. The van der Waals surface area contributed by atoms with Crippen LogP contribution in [0.1, 0.15) is 12.1 Å². The van der Waals surface area contributed by atoms with Crippen LogP contribution in [0.25, 0.3) is 0 Å². The lowest BCUT2D eigenvalue weighted by Crippen LogP contribution is -2.69. The fourth-order valence-corrected chi connectivity index (χ4v) is 3.92. The maximum absolute atomic E-state index is 6.29. The van der Waals surface area contributed by atoms with E-state index in [9.17, 15) is 0 Å². The average molecular weight is 380 g/mol. The van der Waals surface area contributed by atoms with Gasteiger partial charge < -0.3 is 4.90 Å². The second-order valence-corrected chi connectivity index (χ2v) is 7.24. The minimum atomic E-state index is 0.515. The summed E-state index contributed by atoms with van der Waals surface area (Å²) in [7, 11) is 0. The monoisotopic (exact) mass is 378 g/mol. The summed E-state index contributed by atoms with van der Waals surface area (Å²) in [6.07, 6.45) is 4.91. The Morgan fingerprint density at radius 2 is 2.00 bits per heavy atom. The van der Waals surface area contributed by atoms with Crippen LogP contribution in [0, 0.1) is 0 Å². The summed E-state index contributed by atoms with van der Waals surface area (Å²) in [4.78, 5) is 13.8. The summed E-state index contributed by atoms with van der Waals surface area (Å²) in [5, 5.41) is 0.750. The van der Waals surface area contributed by atoms with Gasteiger partial charge in [-0.05, 0) is 46.6 Å². The largest absolute Gasteiger partial charge is 0.347 e. The van der Waals surface area contributed by atoms with Crippen LogP contribution in [0.3, 0.4) is 0 Å². The van der Waals surface area contributed by atoms with E-state index in [1.165, 1.54) is 6.42 Å². The number of aromatic nitrogens is 2. The molecule has 4 nitrogen and oxygen atoms in total. The van der Waals surface area contributed by atoms with Crippen molar-refractivity contribution in [1.29, 1.82) is 0 Å². The van der Waals surface area contributed by atoms with Crippen molar-refractivity contribution in [3.63, 3.8) is 0 Å². The van der Waals surface area contributed by atoms with Crippen LogP contribution in [0.15, 0.2) is 41.1 Å². The third-order valence-corrected chi connectivity index (χ3v) is 5.19. The van der Waals surface area contributed by atoms with Gasteiger partial charge in [-0.3, -0.25) is 9.88 Å². The van der Waals surface area contributed by atoms with Gasteiger partial charge in [-0.15, -0.1) is 0 Å². The smallest absolute Gasteiger partial charge is 0.147 e. The van der Waals surface area contributed by atoms with Gasteiger partial charge in [0.2, 0.25) is 0 Å². The number of piperazine rings is 1. The number of rotatable bonds is 3. The predicted octanol–water partition coefficient (Wildman–Crippen LogP) is 3.36. The number of pyridine rings is 2. The van der Waals surface area contributed by atoms with Gasteiger partial charge in [0, 0.05) is 48.6 Å². The van der Waals surface area contributed by atoms with E-state index in [2.05, 4.69) is 41.8 Å². The lowest BCUT2D eigenvalue weighted by Gasteiger charge is -2.57. The summed E-state index contributed by atoms with van der Waals surface area (Å²) in [5.74, 6) is 0.937. The first kappa shape index (κ1) is 14.4. The van der Waals surface area contributed by atoms with E-state index in [4.69, 9.17) is 11.6 Å². The van der Waals surface area contributed by atoms with Gasteiger partial charge in [0.15, 0.2) is 0 Å². The third kappa shape index (κ3) is 2.62. The average Bonchev–Trinajstić information content (AvgIpc) is 2.52. The number of hydrogen-bond acceptors (Lipinski definition) is 4. The Hall–Kier alpha value is -1.17. The highest BCUT2D eigenvalue weighted by Crippen LogP contribution is 2.39. The van der Waals surface area contributed by atoms with Crippen LogP contribution in [0.5, 0.6) is 0 Å². The molecule has 0 saturated carbocycles. The third-order valence-electron chi connectivity index (χ3n) is 4.43. The molecule has 2 aromatic heterocycles. The van der Waals surface area contributed by atoms with Crippen LogP contribution >= 0.6 is 27.5 Å². The van der Waals surface area contributed by atoms with Gasteiger partial charge in [0.1, 0.15) is 5.82 Å². The highest BCUT2D eigenvalue weighted by molar-refractivity contribution is 9.10. The van der Waals surface area contributed by atoms with Crippen LogP contribution in [0.4, 0.5) is 5.82 Å². The number of anilines is 1. The van der Waals surface area contributed by atoms with E-state index < -0.39 is 0 Å². The molecule has 6 heteroatoms. The molecule has 0 radical (unpaired) electrons. The van der Waals surface area contributed by atoms with Gasteiger partial charge in [-0.1, -0.05) is 11.6 Å². The van der Waals surface area contributed by atoms with E-state index in [1.54, 1.807) is 0 Å². The summed E-state index contributed by atoms with van der Waals surface area (Å²) < 4.78 is 1.02. The number of hydrogen-bond donors (Lipinski definition) is 0. The topological polar surface area (TPSA) is 32.3 Å². The van der Waals surface area contributed by atoms with E-state index in [-0.39, 0.29) is 0 Å². The lowest BCUT2D eigenvalue weighted by molar-refractivity contribution is 0.106. The van der Waals surface area contributed by atoms with Gasteiger partial charge in [-0.25, -0.2) is 4.98 Å². The SMILES string of the molecule is Clc1cccnc1N1C2CC1CN(Cc1ccc(Br)cn1)C2. The van der Waals surface area contributed by atoms with Crippen molar-refractivity contribution in [3.8, 4) is 0 Å². The molecule has 3 fully saturated rings. The van der Waals surface area contributed by atoms with Crippen LogP contribution in [0.2, 0.25) is 5.02 Å². The molecule has 114 valence electrons. The van der Waals surface area contributed by atoms with E-state index in [0.717, 1.165) is 40.6 Å². The molecule has 2 atom stereocenters. The van der Waals surface area contributed by atoms with Crippen molar-refractivity contribution in [1.82, 2.24) is 14.9 Å². The Labute approximate surface area is 143 Å². The Kier molecular flexibility index (Phi) is 3.80. The first-order chi connectivity index (χ1) is 10.7. The number of nitrogens with zero attached hydrogens (tertiary/aromatic N) is 4. The van der Waals surface area contributed by atoms with Crippen molar-refractivity contribution in [2.24, 2.45) is 0 Å². The van der Waals surface area contributed by atoms with Crippen molar-refractivity contribution in [2.75, 3.05) is 18.0 Å². The van der Waals surface area contributed by atoms with Crippen molar-refractivity contribution in [2.45, 2.75) is 25.0 Å². The zero-order valence-corrected chi connectivity index (χ0v) is 14.3. The Morgan fingerprint density at radius 3 is 2.68 bits per heavy atom. The normalized spacial score (nSPS) is 24.2. The van der Waals surface area contributed by atoms with Crippen LogP contribution in [-0.4, -0.2) is 40.0 Å². The highest BCUT2D eigenvalue weighted by Gasteiger charge is 2.45. The molecular formula is C16H16BrClN4. The zero-order chi connectivity index (χ0) is 15.1. The molecule has 2 unspecified atom stereocenters. The number of halogens is 2. The second kappa shape index (κ2) is 5.80. The minimum Gasteiger partial charge on any atom is -0.347 e. The molecule has 22 heavy (non-hydrogen) atoms. The van der Waals surface area contributed by atoms with Crippen LogP contribution in [-0.2, 0) is 6.54 Å². The predicted molar refractivity (Wildman–Crippen MR) is 91.1 cm³/mol. The molecule has 0 spiro atoms.